The van der Waals surface area contributed by atoms with Gasteiger partial charge in [0.25, 0.3) is 5.78 Å². The first-order valence-corrected chi connectivity index (χ1v) is 8.10. The average Bonchev–Trinajstić information content (AvgIpc) is 3.01. The summed E-state index contributed by atoms with van der Waals surface area (Å²) in [6.07, 6.45) is 1.05. The van der Waals surface area contributed by atoms with E-state index >= 15 is 0 Å². The van der Waals surface area contributed by atoms with Crippen LogP contribution in [0.3, 0.4) is 0 Å². The van der Waals surface area contributed by atoms with Gasteiger partial charge in [0, 0.05) is 29.9 Å². The van der Waals surface area contributed by atoms with Gasteiger partial charge < -0.3 is 5.32 Å². The minimum absolute atomic E-state index is 0.0259. The van der Waals surface area contributed by atoms with E-state index < -0.39 is 0 Å². The number of fused-ring (bicyclic) bond motifs is 1. The summed E-state index contributed by atoms with van der Waals surface area (Å²) < 4.78 is 1.73. The monoisotopic (exact) mass is 323 g/mol. The maximum Gasteiger partial charge on any atom is 0.252 e. The van der Waals surface area contributed by atoms with Gasteiger partial charge in [0.05, 0.1) is 6.42 Å². The fourth-order valence-corrected chi connectivity index (χ4v) is 2.67. The van der Waals surface area contributed by atoms with Gasteiger partial charge in [-0.3, -0.25) is 4.79 Å². The topological polar surface area (TPSA) is 72.2 Å². The van der Waals surface area contributed by atoms with E-state index in [1.165, 1.54) is 0 Å². The van der Waals surface area contributed by atoms with Crippen LogP contribution >= 0.6 is 0 Å². The minimum atomic E-state index is -0.0259. The molecular weight excluding hydrogens is 302 g/mol. The van der Waals surface area contributed by atoms with Gasteiger partial charge in [0.2, 0.25) is 5.91 Å². The number of benzene rings is 1. The Hall–Kier alpha value is -2.76. The summed E-state index contributed by atoms with van der Waals surface area (Å²) in [5.41, 5.74) is 3.72. The minimum Gasteiger partial charge on any atom is -0.352 e. The second-order valence-corrected chi connectivity index (χ2v) is 5.79. The number of nitrogens with one attached hydrogen (secondary N) is 1. The normalized spacial score (nSPS) is 11.0. The molecule has 0 aliphatic carbocycles. The Balaban J connectivity index is 1.77. The van der Waals surface area contributed by atoms with Crippen molar-refractivity contribution in [3.63, 3.8) is 0 Å². The van der Waals surface area contributed by atoms with Crippen LogP contribution in [0.25, 0.3) is 5.78 Å². The Morgan fingerprint density at radius 1 is 1.17 bits per heavy atom. The van der Waals surface area contributed by atoms with Crippen molar-refractivity contribution in [3.8, 4) is 0 Å². The maximum absolute atomic E-state index is 12.3. The van der Waals surface area contributed by atoms with E-state index in [2.05, 4.69) is 20.4 Å². The van der Waals surface area contributed by atoms with Crippen molar-refractivity contribution < 1.29 is 4.79 Å². The van der Waals surface area contributed by atoms with Gasteiger partial charge in [-0.2, -0.15) is 4.98 Å². The van der Waals surface area contributed by atoms with Gasteiger partial charge in [0.1, 0.15) is 0 Å². The molecule has 3 aromatic rings. The molecule has 0 aliphatic rings. The highest BCUT2D eigenvalue weighted by Gasteiger charge is 2.15. The van der Waals surface area contributed by atoms with Gasteiger partial charge in [0.15, 0.2) is 5.82 Å². The molecule has 0 spiro atoms. The van der Waals surface area contributed by atoms with Crippen LogP contribution in [0.2, 0.25) is 0 Å². The summed E-state index contributed by atoms with van der Waals surface area (Å²) in [4.78, 5) is 21.2. The zero-order valence-corrected chi connectivity index (χ0v) is 14.2. The zero-order valence-electron chi connectivity index (χ0n) is 14.2. The van der Waals surface area contributed by atoms with Gasteiger partial charge in [-0.15, -0.1) is 5.10 Å². The highest BCUT2D eigenvalue weighted by molar-refractivity contribution is 5.79. The molecule has 0 radical (unpaired) electrons. The number of hydrogen-bond acceptors (Lipinski definition) is 4. The summed E-state index contributed by atoms with van der Waals surface area (Å²) in [6, 6.07) is 9.87. The van der Waals surface area contributed by atoms with E-state index in [1.807, 2.05) is 51.1 Å². The molecule has 0 fully saturated rings. The van der Waals surface area contributed by atoms with E-state index in [0.29, 0.717) is 12.3 Å². The summed E-state index contributed by atoms with van der Waals surface area (Å²) in [5.74, 6) is 1.33. The molecule has 6 nitrogen and oxygen atoms in total. The van der Waals surface area contributed by atoms with Gasteiger partial charge in [-0.05, 0) is 19.4 Å². The number of aromatic nitrogens is 4. The second kappa shape index (κ2) is 6.78. The fourth-order valence-electron chi connectivity index (χ4n) is 2.67. The molecule has 1 aromatic carbocycles. The van der Waals surface area contributed by atoms with E-state index in [0.717, 1.165) is 34.8 Å². The SMILES string of the molecule is CCc1nc2nc(C)c(CC(=O)NCc3ccccc3)c(C)n2n1. The molecule has 1 amide bonds. The van der Waals surface area contributed by atoms with Crippen LogP contribution in [0, 0.1) is 13.8 Å². The highest BCUT2D eigenvalue weighted by atomic mass is 16.1. The van der Waals surface area contributed by atoms with Gasteiger partial charge in [-0.25, -0.2) is 9.50 Å². The molecule has 0 saturated carbocycles. The third-order valence-corrected chi connectivity index (χ3v) is 4.08. The predicted molar refractivity (Wildman–Crippen MR) is 91.6 cm³/mol. The van der Waals surface area contributed by atoms with Crippen LogP contribution in [-0.2, 0) is 24.2 Å². The molecule has 6 heteroatoms. The lowest BCUT2D eigenvalue weighted by molar-refractivity contribution is -0.120. The van der Waals surface area contributed by atoms with E-state index in [1.54, 1.807) is 4.52 Å². The summed E-state index contributed by atoms with van der Waals surface area (Å²) in [7, 11) is 0. The predicted octanol–water partition coefficient (Wildman–Crippen LogP) is 2.16. The Bertz CT molecular complexity index is 870. The van der Waals surface area contributed by atoms with Crippen molar-refractivity contribution in [2.45, 2.75) is 40.2 Å². The lowest BCUT2D eigenvalue weighted by Crippen LogP contribution is -2.25. The number of amides is 1. The van der Waals surface area contributed by atoms with E-state index in [-0.39, 0.29) is 12.3 Å². The van der Waals surface area contributed by atoms with Crippen LogP contribution < -0.4 is 5.32 Å². The average molecular weight is 323 g/mol. The zero-order chi connectivity index (χ0) is 17.1. The fraction of sp³-hybridized carbons (Fsp3) is 0.333. The third kappa shape index (κ3) is 3.27. The number of aryl methyl sites for hydroxylation is 3. The third-order valence-electron chi connectivity index (χ3n) is 4.08. The van der Waals surface area contributed by atoms with Crippen LogP contribution in [-0.4, -0.2) is 25.5 Å². The summed E-state index contributed by atoms with van der Waals surface area (Å²) in [6.45, 7) is 6.40. The van der Waals surface area contributed by atoms with Crippen molar-refractivity contribution in [1.82, 2.24) is 24.9 Å². The van der Waals surface area contributed by atoms with Crippen molar-refractivity contribution in [1.29, 1.82) is 0 Å². The van der Waals surface area contributed by atoms with Gasteiger partial charge in [-0.1, -0.05) is 37.3 Å². The lowest BCUT2D eigenvalue weighted by atomic mass is 10.1. The van der Waals surface area contributed by atoms with E-state index in [9.17, 15) is 4.79 Å². The quantitative estimate of drug-likeness (QED) is 0.781. The molecule has 24 heavy (non-hydrogen) atoms. The van der Waals surface area contributed by atoms with Crippen LogP contribution in [0.15, 0.2) is 30.3 Å². The molecular formula is C18H21N5O. The number of carbonyl (C=O) groups is 1. The molecule has 0 aliphatic heterocycles. The molecule has 0 atom stereocenters. The van der Waals surface area contributed by atoms with Crippen molar-refractivity contribution in [3.05, 3.63) is 58.7 Å². The Kier molecular flexibility index (Phi) is 4.55. The standard InChI is InChI=1S/C18H21N5O/c1-4-16-21-18-20-12(2)15(13(3)23(18)22-16)10-17(24)19-11-14-8-6-5-7-9-14/h5-9H,4,10-11H2,1-3H3,(H,19,24). The highest BCUT2D eigenvalue weighted by Crippen LogP contribution is 2.14. The summed E-state index contributed by atoms with van der Waals surface area (Å²) >= 11 is 0. The molecule has 1 N–H and O–H groups in total. The van der Waals surface area contributed by atoms with Crippen molar-refractivity contribution >= 4 is 11.7 Å². The molecule has 0 unspecified atom stereocenters. The summed E-state index contributed by atoms with van der Waals surface area (Å²) in [5, 5.41) is 7.40. The largest absolute Gasteiger partial charge is 0.352 e. The molecule has 0 saturated heterocycles. The number of hydrogen-bond donors (Lipinski definition) is 1. The van der Waals surface area contributed by atoms with Crippen molar-refractivity contribution in [2.24, 2.45) is 0 Å². The van der Waals surface area contributed by atoms with Gasteiger partial charge >= 0.3 is 0 Å². The number of rotatable bonds is 5. The van der Waals surface area contributed by atoms with Crippen molar-refractivity contribution in [2.75, 3.05) is 0 Å². The second-order valence-electron chi connectivity index (χ2n) is 5.79. The molecule has 3 rings (SSSR count). The first-order chi connectivity index (χ1) is 11.6. The Morgan fingerprint density at radius 2 is 1.92 bits per heavy atom. The number of carbonyl (C=O) groups excluding carboxylic acids is 1. The van der Waals surface area contributed by atoms with Crippen LogP contribution in [0.4, 0.5) is 0 Å². The maximum atomic E-state index is 12.3. The molecule has 124 valence electrons. The molecule has 2 heterocycles. The van der Waals surface area contributed by atoms with Crippen LogP contribution in [0.1, 0.15) is 35.3 Å². The lowest BCUT2D eigenvalue weighted by Gasteiger charge is -2.11. The smallest absolute Gasteiger partial charge is 0.252 e. The Labute approximate surface area is 141 Å². The first-order valence-electron chi connectivity index (χ1n) is 8.10. The van der Waals surface area contributed by atoms with E-state index in [4.69, 9.17) is 0 Å². The Morgan fingerprint density at radius 3 is 2.62 bits per heavy atom. The molecule has 0 bridgehead atoms. The first kappa shape index (κ1) is 16.1. The molecule has 2 aromatic heterocycles. The number of nitrogens with zero attached hydrogens (tertiary/aromatic N) is 4. The van der Waals surface area contributed by atoms with Crippen LogP contribution in [0.5, 0.6) is 0 Å².